The Morgan fingerprint density at radius 1 is 1.16 bits per heavy atom. The van der Waals surface area contributed by atoms with Gasteiger partial charge in [-0.25, -0.2) is 14.2 Å². The molecule has 1 aliphatic heterocycles. The number of carbonyl (C=O) groups is 2. The molecule has 3 amide bonds. The molecule has 2 aromatic carbocycles. The summed E-state index contributed by atoms with van der Waals surface area (Å²) in [6.45, 7) is 0.747. The molecule has 0 atom stereocenters. The van der Waals surface area contributed by atoms with Gasteiger partial charge in [-0.15, -0.1) is 0 Å². The lowest BCUT2D eigenvalue weighted by Crippen LogP contribution is -2.24. The van der Waals surface area contributed by atoms with Crippen LogP contribution in [0.5, 0.6) is 11.5 Å². The second-order valence-electron chi connectivity index (χ2n) is 6.72. The van der Waals surface area contributed by atoms with E-state index in [1.807, 2.05) is 0 Å². The number of hydrogen-bond acceptors (Lipinski definition) is 6. The van der Waals surface area contributed by atoms with Gasteiger partial charge in [0.1, 0.15) is 23.0 Å². The second kappa shape index (κ2) is 8.60. The number of hydrogen-bond donors (Lipinski definition) is 2. The Balaban J connectivity index is 1.40. The number of benzene rings is 2. The molecule has 1 aromatic heterocycles. The van der Waals surface area contributed by atoms with Gasteiger partial charge in [0, 0.05) is 12.6 Å². The molecule has 0 aliphatic carbocycles. The van der Waals surface area contributed by atoms with Crippen molar-refractivity contribution < 1.29 is 23.5 Å². The number of amides is 3. The molecule has 1 aliphatic rings. The van der Waals surface area contributed by atoms with E-state index in [4.69, 9.17) is 9.47 Å². The van der Waals surface area contributed by atoms with Crippen molar-refractivity contribution >= 4 is 34.1 Å². The number of nitrogens with zero attached hydrogens (tertiary/aromatic N) is 2. The summed E-state index contributed by atoms with van der Waals surface area (Å²) < 4.78 is 23.5. The van der Waals surface area contributed by atoms with Crippen LogP contribution in [0.2, 0.25) is 0 Å². The van der Waals surface area contributed by atoms with E-state index in [0.29, 0.717) is 41.1 Å². The number of aromatic nitrogens is 1. The SMILES string of the molecule is COc1ccc(OC)c(NC(=O)Nc2nc3c(s2)CN(Cc2ccc(F)cc2)C3=O)c1. The minimum atomic E-state index is -0.519. The molecule has 10 heteroatoms. The Morgan fingerprint density at radius 3 is 2.61 bits per heavy atom. The van der Waals surface area contributed by atoms with E-state index in [1.54, 1.807) is 35.2 Å². The third kappa shape index (κ3) is 4.43. The predicted molar refractivity (Wildman–Crippen MR) is 114 cm³/mol. The van der Waals surface area contributed by atoms with Gasteiger partial charge < -0.3 is 19.7 Å². The zero-order valence-electron chi connectivity index (χ0n) is 16.8. The first-order valence-corrected chi connectivity index (χ1v) is 10.1. The lowest BCUT2D eigenvalue weighted by Gasteiger charge is -2.15. The van der Waals surface area contributed by atoms with Crippen molar-refractivity contribution in [3.63, 3.8) is 0 Å². The summed E-state index contributed by atoms with van der Waals surface area (Å²) in [7, 11) is 3.03. The van der Waals surface area contributed by atoms with Gasteiger partial charge in [-0.05, 0) is 29.8 Å². The van der Waals surface area contributed by atoms with Crippen molar-refractivity contribution in [3.8, 4) is 11.5 Å². The molecule has 3 aromatic rings. The molecular weight excluding hydrogens is 423 g/mol. The van der Waals surface area contributed by atoms with Crippen LogP contribution in [-0.4, -0.2) is 36.0 Å². The molecule has 0 saturated carbocycles. The first-order chi connectivity index (χ1) is 15.0. The molecule has 0 bridgehead atoms. The number of methoxy groups -OCH3 is 2. The zero-order valence-corrected chi connectivity index (χ0v) is 17.6. The van der Waals surface area contributed by atoms with Crippen LogP contribution in [0.15, 0.2) is 42.5 Å². The minimum absolute atomic E-state index is 0.224. The Bertz CT molecular complexity index is 1130. The summed E-state index contributed by atoms with van der Waals surface area (Å²) in [6.07, 6.45) is 0. The van der Waals surface area contributed by atoms with Crippen molar-refractivity contribution in [1.29, 1.82) is 0 Å². The van der Waals surface area contributed by atoms with Crippen LogP contribution in [0.3, 0.4) is 0 Å². The van der Waals surface area contributed by atoms with Crippen molar-refractivity contribution in [2.75, 3.05) is 24.9 Å². The van der Waals surface area contributed by atoms with Crippen LogP contribution < -0.4 is 20.1 Å². The van der Waals surface area contributed by atoms with Crippen molar-refractivity contribution in [1.82, 2.24) is 9.88 Å². The highest BCUT2D eigenvalue weighted by atomic mass is 32.1. The fourth-order valence-corrected chi connectivity index (χ4v) is 4.14. The molecule has 0 radical (unpaired) electrons. The van der Waals surface area contributed by atoms with Crippen LogP contribution >= 0.6 is 11.3 Å². The molecule has 160 valence electrons. The van der Waals surface area contributed by atoms with E-state index in [1.165, 1.54) is 37.7 Å². The van der Waals surface area contributed by atoms with E-state index in [0.717, 1.165) is 10.4 Å². The van der Waals surface area contributed by atoms with Gasteiger partial charge in [-0.1, -0.05) is 23.5 Å². The fourth-order valence-electron chi connectivity index (χ4n) is 3.17. The maximum Gasteiger partial charge on any atom is 0.325 e. The predicted octanol–water partition coefficient (Wildman–Crippen LogP) is 4.10. The summed E-state index contributed by atoms with van der Waals surface area (Å²) in [6, 6.07) is 10.5. The van der Waals surface area contributed by atoms with Crippen LogP contribution in [0.1, 0.15) is 20.9 Å². The minimum Gasteiger partial charge on any atom is -0.497 e. The maximum absolute atomic E-state index is 13.1. The fraction of sp³-hybridized carbons (Fsp3) is 0.190. The molecule has 2 heterocycles. The number of nitrogens with one attached hydrogen (secondary N) is 2. The number of fused-ring (bicyclic) bond motifs is 1. The highest BCUT2D eigenvalue weighted by Gasteiger charge is 2.32. The van der Waals surface area contributed by atoms with Crippen LogP contribution in [-0.2, 0) is 13.1 Å². The molecule has 0 unspecified atom stereocenters. The summed E-state index contributed by atoms with van der Waals surface area (Å²) in [5, 5.41) is 5.66. The van der Waals surface area contributed by atoms with Gasteiger partial charge in [0.05, 0.1) is 31.3 Å². The quantitative estimate of drug-likeness (QED) is 0.600. The molecular formula is C21H19FN4O4S. The zero-order chi connectivity index (χ0) is 22.0. The smallest absolute Gasteiger partial charge is 0.325 e. The van der Waals surface area contributed by atoms with Gasteiger partial charge in [-0.3, -0.25) is 10.1 Å². The molecule has 0 spiro atoms. The van der Waals surface area contributed by atoms with E-state index in [9.17, 15) is 14.0 Å². The number of anilines is 2. The van der Waals surface area contributed by atoms with Crippen LogP contribution in [0.25, 0.3) is 0 Å². The summed E-state index contributed by atoms with van der Waals surface area (Å²) in [4.78, 5) is 31.7. The van der Waals surface area contributed by atoms with Gasteiger partial charge in [0.15, 0.2) is 5.13 Å². The Labute approximate surface area is 181 Å². The summed E-state index contributed by atoms with van der Waals surface area (Å²) in [5.41, 5.74) is 1.58. The van der Waals surface area contributed by atoms with Crippen molar-refractivity contribution in [2.24, 2.45) is 0 Å². The molecule has 4 rings (SSSR count). The number of halogens is 1. The van der Waals surface area contributed by atoms with Gasteiger partial charge >= 0.3 is 6.03 Å². The highest BCUT2D eigenvalue weighted by molar-refractivity contribution is 7.16. The van der Waals surface area contributed by atoms with E-state index in [2.05, 4.69) is 15.6 Å². The van der Waals surface area contributed by atoms with Crippen molar-refractivity contribution in [3.05, 3.63) is 64.4 Å². The number of rotatable bonds is 6. The first kappa shape index (κ1) is 20.6. The molecule has 0 saturated heterocycles. The topological polar surface area (TPSA) is 92.8 Å². The Morgan fingerprint density at radius 2 is 1.94 bits per heavy atom. The van der Waals surface area contributed by atoms with E-state index in [-0.39, 0.29) is 11.7 Å². The highest BCUT2D eigenvalue weighted by Crippen LogP contribution is 2.33. The van der Waals surface area contributed by atoms with Gasteiger partial charge in [0.25, 0.3) is 5.91 Å². The van der Waals surface area contributed by atoms with Crippen LogP contribution in [0.4, 0.5) is 20.0 Å². The largest absolute Gasteiger partial charge is 0.497 e. The number of thiazole rings is 1. The standard InChI is InChI=1S/C21H19FN4O4S/c1-29-14-7-8-16(30-2)15(9-14)23-20(28)25-21-24-18-17(31-21)11-26(19(18)27)10-12-3-5-13(22)6-4-12/h3-9H,10-11H2,1-2H3,(H2,23,24,25,28). The number of carbonyl (C=O) groups excluding carboxylic acids is 2. The molecule has 2 N–H and O–H groups in total. The molecule has 31 heavy (non-hydrogen) atoms. The first-order valence-electron chi connectivity index (χ1n) is 9.30. The van der Waals surface area contributed by atoms with Gasteiger partial charge in [0.2, 0.25) is 0 Å². The normalized spacial score (nSPS) is 12.5. The van der Waals surface area contributed by atoms with E-state index >= 15 is 0 Å². The molecule has 0 fully saturated rings. The lowest BCUT2D eigenvalue weighted by molar-refractivity contribution is 0.0762. The van der Waals surface area contributed by atoms with Crippen molar-refractivity contribution in [2.45, 2.75) is 13.1 Å². The van der Waals surface area contributed by atoms with E-state index < -0.39 is 6.03 Å². The third-order valence-electron chi connectivity index (χ3n) is 4.68. The number of urea groups is 1. The lowest BCUT2D eigenvalue weighted by atomic mass is 10.2. The average molecular weight is 442 g/mol. The second-order valence-corrected chi connectivity index (χ2v) is 7.81. The Hall–Kier alpha value is -3.66. The number of ether oxygens (including phenoxy) is 2. The summed E-state index contributed by atoms with van der Waals surface area (Å²) >= 11 is 1.24. The monoisotopic (exact) mass is 442 g/mol. The molecule has 8 nitrogen and oxygen atoms in total. The maximum atomic E-state index is 13.1. The van der Waals surface area contributed by atoms with Gasteiger partial charge in [-0.2, -0.15) is 0 Å². The Kier molecular flexibility index (Phi) is 5.72. The summed E-state index contributed by atoms with van der Waals surface area (Å²) in [5.74, 6) is 0.497. The third-order valence-corrected chi connectivity index (χ3v) is 5.64. The van der Waals surface area contributed by atoms with Crippen LogP contribution in [0, 0.1) is 5.82 Å². The average Bonchev–Trinajstić information content (AvgIpc) is 3.27.